The summed E-state index contributed by atoms with van der Waals surface area (Å²) in [5.74, 6) is -5.26. The first-order valence-electron chi connectivity index (χ1n) is 6.75. The van der Waals surface area contributed by atoms with Crippen LogP contribution in [-0.2, 0) is 0 Å². The van der Waals surface area contributed by atoms with Crippen LogP contribution in [0.1, 0.15) is 28.9 Å². The molecule has 1 aliphatic rings. The number of carbonyl (C=O) groups excluding carboxylic acids is 1. The summed E-state index contributed by atoms with van der Waals surface area (Å²) in [5.41, 5.74) is 0.561. The van der Waals surface area contributed by atoms with Crippen molar-refractivity contribution in [3.63, 3.8) is 0 Å². The van der Waals surface area contributed by atoms with Crippen molar-refractivity contribution in [3.05, 3.63) is 65.7 Å². The van der Waals surface area contributed by atoms with E-state index in [-0.39, 0.29) is 5.56 Å². The molecule has 1 aliphatic carbocycles. The van der Waals surface area contributed by atoms with Gasteiger partial charge in [-0.1, -0.05) is 49.4 Å². The minimum atomic E-state index is -3.42. The molecule has 0 amide bonds. The first-order chi connectivity index (χ1) is 10.0. The van der Waals surface area contributed by atoms with Crippen LogP contribution < -0.4 is 4.74 Å². The Labute approximate surface area is 121 Å². The van der Waals surface area contributed by atoms with Gasteiger partial charge in [0.05, 0.1) is 5.92 Å². The smallest absolute Gasteiger partial charge is 0.316 e. The summed E-state index contributed by atoms with van der Waals surface area (Å²) in [4.78, 5) is 11.9. The molecule has 0 saturated carbocycles. The van der Waals surface area contributed by atoms with E-state index in [4.69, 9.17) is 4.74 Å². The Morgan fingerprint density at radius 3 is 2.33 bits per heavy atom. The highest BCUT2D eigenvalue weighted by Crippen LogP contribution is 2.45. The van der Waals surface area contributed by atoms with E-state index in [0.717, 1.165) is 0 Å². The minimum Gasteiger partial charge on any atom is -0.485 e. The molecule has 2 aromatic carbocycles. The van der Waals surface area contributed by atoms with Crippen molar-refractivity contribution >= 4 is 5.78 Å². The van der Waals surface area contributed by atoms with Crippen LogP contribution in [-0.4, -0.2) is 11.7 Å². The summed E-state index contributed by atoms with van der Waals surface area (Å²) in [6, 6.07) is 15.2. The fraction of sp³-hybridized carbons (Fsp3) is 0.235. The predicted octanol–water partition coefficient (Wildman–Crippen LogP) is 4.27. The minimum absolute atomic E-state index is 0.0431. The summed E-state index contributed by atoms with van der Waals surface area (Å²) in [6.45, 7) is 1.35. The van der Waals surface area contributed by atoms with Gasteiger partial charge in [-0.25, -0.2) is 0 Å². The summed E-state index contributed by atoms with van der Waals surface area (Å²) in [7, 11) is 0. The Hall–Kier alpha value is -2.23. The fourth-order valence-electron chi connectivity index (χ4n) is 2.61. The summed E-state index contributed by atoms with van der Waals surface area (Å²) >= 11 is 0. The molecule has 0 N–H and O–H groups in total. The lowest BCUT2D eigenvalue weighted by atomic mass is 9.78. The Balaban J connectivity index is 2.06. The topological polar surface area (TPSA) is 26.3 Å². The predicted molar refractivity (Wildman–Crippen MR) is 74.7 cm³/mol. The Morgan fingerprint density at radius 1 is 1.00 bits per heavy atom. The molecule has 0 radical (unpaired) electrons. The highest BCUT2D eigenvalue weighted by molar-refractivity contribution is 6.04. The lowest BCUT2D eigenvalue weighted by molar-refractivity contribution is -0.0686. The monoisotopic (exact) mass is 288 g/mol. The number of benzene rings is 2. The molecule has 0 heterocycles. The number of halogens is 2. The van der Waals surface area contributed by atoms with Crippen molar-refractivity contribution in [2.45, 2.75) is 19.0 Å². The molecule has 2 unspecified atom stereocenters. The molecular weight excluding hydrogens is 274 g/mol. The third-order valence-electron chi connectivity index (χ3n) is 3.85. The van der Waals surface area contributed by atoms with Gasteiger partial charge in [0, 0.05) is 11.1 Å². The molecular formula is C17H14F2O2. The average Bonchev–Trinajstić information content (AvgIpc) is 2.51. The van der Waals surface area contributed by atoms with Gasteiger partial charge >= 0.3 is 5.92 Å². The quantitative estimate of drug-likeness (QED) is 0.824. The van der Waals surface area contributed by atoms with E-state index in [1.54, 1.807) is 42.5 Å². The van der Waals surface area contributed by atoms with Gasteiger partial charge < -0.3 is 4.74 Å². The Kier molecular flexibility index (Phi) is 3.24. The van der Waals surface area contributed by atoms with Crippen molar-refractivity contribution < 1.29 is 18.3 Å². The van der Waals surface area contributed by atoms with Crippen molar-refractivity contribution in [1.82, 2.24) is 0 Å². The summed E-state index contributed by atoms with van der Waals surface area (Å²) in [6.07, 6.45) is -0.851. The van der Waals surface area contributed by atoms with Crippen LogP contribution >= 0.6 is 0 Å². The molecule has 2 atom stereocenters. The number of ketones is 1. The van der Waals surface area contributed by atoms with Gasteiger partial charge in [-0.15, -0.1) is 0 Å². The Morgan fingerprint density at radius 2 is 1.62 bits per heavy atom. The number of alkyl halides is 2. The number of carbonyl (C=O) groups is 1. The highest BCUT2D eigenvalue weighted by atomic mass is 19.3. The summed E-state index contributed by atoms with van der Waals surface area (Å²) < 4.78 is 34.1. The third kappa shape index (κ3) is 2.20. The zero-order chi connectivity index (χ0) is 15.0. The fourth-order valence-corrected chi connectivity index (χ4v) is 2.61. The van der Waals surface area contributed by atoms with Gasteiger partial charge in [-0.3, -0.25) is 4.79 Å². The van der Waals surface area contributed by atoms with Crippen LogP contribution in [0.25, 0.3) is 0 Å². The summed E-state index contributed by atoms with van der Waals surface area (Å²) in [5, 5.41) is 0. The molecule has 0 fully saturated rings. The Bertz CT molecular complexity index is 668. The number of rotatable bonds is 2. The second-order valence-electron chi connectivity index (χ2n) is 5.18. The molecule has 108 valence electrons. The van der Waals surface area contributed by atoms with E-state index < -0.39 is 23.7 Å². The van der Waals surface area contributed by atoms with Gasteiger partial charge in [0.25, 0.3) is 0 Å². The molecule has 2 nitrogen and oxygen atoms in total. The standard InChI is InChI=1S/C17H14F2O2/c1-11-15(21-12-7-3-2-4-8-12)13-9-5-6-10-14(13)16(20)17(11,18)19/h2-11,15H,1H3. The van der Waals surface area contributed by atoms with Crippen LogP contribution in [0.15, 0.2) is 54.6 Å². The van der Waals surface area contributed by atoms with E-state index >= 15 is 0 Å². The maximum atomic E-state index is 14.2. The van der Waals surface area contributed by atoms with Crippen LogP contribution in [0.4, 0.5) is 8.78 Å². The van der Waals surface area contributed by atoms with Crippen LogP contribution in [0, 0.1) is 5.92 Å². The van der Waals surface area contributed by atoms with Crippen LogP contribution in [0.3, 0.4) is 0 Å². The zero-order valence-corrected chi connectivity index (χ0v) is 11.4. The second kappa shape index (κ2) is 4.95. The molecule has 3 rings (SSSR count). The average molecular weight is 288 g/mol. The first-order valence-corrected chi connectivity index (χ1v) is 6.75. The van der Waals surface area contributed by atoms with Gasteiger partial charge in [-0.05, 0) is 12.1 Å². The molecule has 0 spiro atoms. The van der Waals surface area contributed by atoms with Gasteiger partial charge in [0.1, 0.15) is 11.9 Å². The number of hydrogen-bond acceptors (Lipinski definition) is 2. The molecule has 2 aromatic rings. The van der Waals surface area contributed by atoms with Crippen LogP contribution in [0.5, 0.6) is 5.75 Å². The number of hydrogen-bond donors (Lipinski definition) is 0. The van der Waals surface area contributed by atoms with E-state index in [9.17, 15) is 13.6 Å². The normalized spacial score (nSPS) is 23.5. The van der Waals surface area contributed by atoms with Crippen molar-refractivity contribution in [2.24, 2.45) is 5.92 Å². The SMILES string of the molecule is CC1C(Oc2ccccc2)c2ccccc2C(=O)C1(F)F. The number of ether oxygens (including phenoxy) is 1. The number of fused-ring (bicyclic) bond motifs is 1. The van der Waals surface area contributed by atoms with Crippen molar-refractivity contribution in [2.75, 3.05) is 0 Å². The van der Waals surface area contributed by atoms with Crippen LogP contribution in [0.2, 0.25) is 0 Å². The van der Waals surface area contributed by atoms with Gasteiger partial charge in [-0.2, -0.15) is 8.78 Å². The largest absolute Gasteiger partial charge is 0.485 e. The lowest BCUT2D eigenvalue weighted by Gasteiger charge is -2.36. The molecule has 0 aromatic heterocycles. The molecule has 0 saturated heterocycles. The maximum Gasteiger partial charge on any atom is 0.316 e. The number of para-hydroxylation sites is 1. The van der Waals surface area contributed by atoms with Crippen molar-refractivity contribution in [1.29, 1.82) is 0 Å². The molecule has 0 bridgehead atoms. The van der Waals surface area contributed by atoms with E-state index in [2.05, 4.69) is 0 Å². The van der Waals surface area contributed by atoms with Gasteiger partial charge in [0.2, 0.25) is 5.78 Å². The number of Topliss-reactive ketones (excluding diaryl/α,β-unsaturated/α-hetero) is 1. The lowest BCUT2D eigenvalue weighted by Crippen LogP contribution is -2.45. The molecule has 21 heavy (non-hydrogen) atoms. The first kappa shape index (κ1) is 13.7. The zero-order valence-electron chi connectivity index (χ0n) is 11.4. The third-order valence-corrected chi connectivity index (χ3v) is 3.85. The molecule has 0 aliphatic heterocycles. The van der Waals surface area contributed by atoms with E-state index in [1.807, 2.05) is 6.07 Å². The van der Waals surface area contributed by atoms with Gasteiger partial charge in [0.15, 0.2) is 0 Å². The van der Waals surface area contributed by atoms with E-state index in [1.165, 1.54) is 13.0 Å². The highest BCUT2D eigenvalue weighted by Gasteiger charge is 2.54. The second-order valence-corrected chi connectivity index (χ2v) is 5.18. The maximum absolute atomic E-state index is 14.2. The molecule has 4 heteroatoms. The van der Waals surface area contributed by atoms with E-state index in [0.29, 0.717) is 11.3 Å². The van der Waals surface area contributed by atoms with Crippen molar-refractivity contribution in [3.8, 4) is 5.75 Å².